The van der Waals surface area contributed by atoms with Gasteiger partial charge in [0.15, 0.2) is 0 Å². The normalized spacial score (nSPS) is 11.4. The zero-order chi connectivity index (χ0) is 22.2. The Morgan fingerprint density at radius 1 is 0.500 bits per heavy atom. The predicted molar refractivity (Wildman–Crippen MR) is 146 cm³/mol. The van der Waals surface area contributed by atoms with Gasteiger partial charge in [-0.05, 0) is 60.1 Å². The highest BCUT2D eigenvalue weighted by Crippen LogP contribution is 2.41. The average Bonchev–Trinajstić information content (AvgIpc) is 3.40. The van der Waals surface area contributed by atoms with Gasteiger partial charge in [0.1, 0.15) is 0 Å². The Hall–Kier alpha value is -1.90. The van der Waals surface area contributed by atoms with Crippen molar-refractivity contribution in [2.24, 2.45) is 0 Å². The summed E-state index contributed by atoms with van der Waals surface area (Å²) in [4.78, 5) is 2.77. The Balaban J connectivity index is 1.39. The quantitative estimate of drug-likeness (QED) is 0.184. The molecule has 0 nitrogen and oxygen atoms in total. The SMILES string of the molecule is CCCCCCc1ccc(-c2cc3sc(-c4ccc(CCCCCC)cc4)cc3s2)cc1. The number of thiophene rings is 2. The molecular formula is C30H36S2. The average molecular weight is 461 g/mol. The van der Waals surface area contributed by atoms with Gasteiger partial charge in [-0.2, -0.15) is 0 Å². The molecule has 0 aliphatic carbocycles. The highest BCUT2D eigenvalue weighted by Gasteiger charge is 2.10. The zero-order valence-electron chi connectivity index (χ0n) is 19.7. The first-order valence-electron chi connectivity index (χ1n) is 12.5. The monoisotopic (exact) mass is 460 g/mol. The van der Waals surface area contributed by atoms with Crippen LogP contribution in [0.5, 0.6) is 0 Å². The van der Waals surface area contributed by atoms with Gasteiger partial charge in [-0.1, -0.05) is 101 Å². The van der Waals surface area contributed by atoms with Crippen molar-refractivity contribution in [3.05, 3.63) is 71.8 Å². The van der Waals surface area contributed by atoms with Crippen LogP contribution < -0.4 is 0 Å². The van der Waals surface area contributed by atoms with E-state index in [0.29, 0.717) is 0 Å². The second-order valence-corrected chi connectivity index (χ2v) is 11.1. The number of benzene rings is 2. The molecule has 2 aromatic carbocycles. The molecule has 0 radical (unpaired) electrons. The summed E-state index contributed by atoms with van der Waals surface area (Å²) >= 11 is 3.85. The minimum Gasteiger partial charge on any atom is -0.134 e. The summed E-state index contributed by atoms with van der Waals surface area (Å²) < 4.78 is 2.82. The molecule has 0 aliphatic heterocycles. The lowest BCUT2D eigenvalue weighted by atomic mass is 10.0. The maximum absolute atomic E-state index is 2.38. The van der Waals surface area contributed by atoms with Gasteiger partial charge in [0, 0.05) is 19.2 Å². The molecule has 0 fully saturated rings. The Labute approximate surface area is 202 Å². The van der Waals surface area contributed by atoms with E-state index in [1.165, 1.54) is 106 Å². The molecule has 168 valence electrons. The molecule has 2 heteroatoms. The van der Waals surface area contributed by atoms with E-state index in [4.69, 9.17) is 0 Å². The molecule has 2 aromatic heterocycles. The van der Waals surface area contributed by atoms with Crippen molar-refractivity contribution < 1.29 is 0 Å². The Morgan fingerprint density at radius 2 is 0.906 bits per heavy atom. The van der Waals surface area contributed by atoms with Crippen LogP contribution in [0.15, 0.2) is 60.7 Å². The van der Waals surface area contributed by atoms with Gasteiger partial charge in [0.25, 0.3) is 0 Å². The van der Waals surface area contributed by atoms with Crippen LogP contribution in [0.3, 0.4) is 0 Å². The van der Waals surface area contributed by atoms with Crippen LogP contribution in [0, 0.1) is 0 Å². The topological polar surface area (TPSA) is 0 Å². The molecule has 0 saturated heterocycles. The van der Waals surface area contributed by atoms with E-state index < -0.39 is 0 Å². The van der Waals surface area contributed by atoms with Crippen LogP contribution in [0.4, 0.5) is 0 Å². The van der Waals surface area contributed by atoms with Crippen LogP contribution >= 0.6 is 22.7 Å². The van der Waals surface area contributed by atoms with Crippen LogP contribution in [0.2, 0.25) is 0 Å². The van der Waals surface area contributed by atoms with Crippen LogP contribution in [-0.2, 0) is 12.8 Å². The summed E-state index contributed by atoms with van der Waals surface area (Å²) in [5.41, 5.74) is 5.65. The molecular weight excluding hydrogens is 424 g/mol. The van der Waals surface area contributed by atoms with Gasteiger partial charge in [0.2, 0.25) is 0 Å². The smallest absolute Gasteiger partial charge is 0.0463 e. The molecule has 0 unspecified atom stereocenters. The lowest BCUT2D eigenvalue weighted by Crippen LogP contribution is -1.85. The maximum atomic E-state index is 2.38. The number of hydrogen-bond acceptors (Lipinski definition) is 2. The fourth-order valence-electron chi connectivity index (χ4n) is 4.30. The lowest BCUT2D eigenvalue weighted by Gasteiger charge is -2.03. The van der Waals surface area contributed by atoms with Crippen molar-refractivity contribution in [2.75, 3.05) is 0 Å². The number of unbranched alkanes of at least 4 members (excludes halogenated alkanes) is 6. The molecule has 0 aliphatic rings. The van der Waals surface area contributed by atoms with Crippen molar-refractivity contribution in [3.8, 4) is 20.9 Å². The van der Waals surface area contributed by atoms with Crippen molar-refractivity contribution in [1.82, 2.24) is 0 Å². The lowest BCUT2D eigenvalue weighted by molar-refractivity contribution is 0.667. The Bertz CT molecular complexity index is 964. The molecule has 0 amide bonds. The summed E-state index contributed by atoms with van der Waals surface area (Å²) in [6.45, 7) is 4.55. The number of aryl methyl sites for hydroxylation is 2. The third-order valence-electron chi connectivity index (χ3n) is 6.32. The fourth-order valence-corrected chi connectivity index (χ4v) is 6.71. The van der Waals surface area contributed by atoms with E-state index in [2.05, 4.69) is 74.5 Å². The predicted octanol–water partition coefficient (Wildman–Crippen LogP) is 10.5. The maximum Gasteiger partial charge on any atom is 0.0463 e. The Kier molecular flexibility index (Phi) is 8.59. The number of rotatable bonds is 12. The van der Waals surface area contributed by atoms with Gasteiger partial charge in [-0.15, -0.1) is 22.7 Å². The third kappa shape index (κ3) is 6.11. The highest BCUT2D eigenvalue weighted by atomic mass is 32.1. The second kappa shape index (κ2) is 11.8. The molecule has 0 bridgehead atoms. The van der Waals surface area contributed by atoms with E-state index in [9.17, 15) is 0 Å². The first-order chi connectivity index (χ1) is 15.8. The minimum absolute atomic E-state index is 1.21. The van der Waals surface area contributed by atoms with E-state index in [1.807, 2.05) is 22.7 Å². The van der Waals surface area contributed by atoms with Gasteiger partial charge < -0.3 is 0 Å². The van der Waals surface area contributed by atoms with E-state index in [0.717, 1.165) is 0 Å². The third-order valence-corrected chi connectivity index (χ3v) is 8.71. The molecule has 4 aromatic rings. The van der Waals surface area contributed by atoms with Crippen molar-refractivity contribution in [2.45, 2.75) is 78.1 Å². The molecule has 0 saturated carbocycles. The van der Waals surface area contributed by atoms with Gasteiger partial charge in [-0.25, -0.2) is 0 Å². The molecule has 0 spiro atoms. The van der Waals surface area contributed by atoms with E-state index in [-0.39, 0.29) is 0 Å². The molecule has 0 N–H and O–H groups in total. The summed E-state index contributed by atoms with van der Waals surface area (Å²) in [5, 5.41) is 0. The summed E-state index contributed by atoms with van der Waals surface area (Å²) in [6, 6.07) is 23.3. The largest absolute Gasteiger partial charge is 0.134 e. The summed E-state index contributed by atoms with van der Waals surface area (Å²) in [5.74, 6) is 0. The first kappa shape index (κ1) is 23.3. The standard InChI is InChI=1S/C30H36S2/c1-3-5-7-9-11-23-13-17-25(18-14-23)27-21-29-30(31-27)22-28(32-29)26-19-15-24(16-20-26)12-10-8-6-4-2/h13-22H,3-12H2,1-2H3. The molecule has 32 heavy (non-hydrogen) atoms. The second-order valence-electron chi connectivity index (χ2n) is 8.96. The summed E-state index contributed by atoms with van der Waals surface area (Å²) in [6.07, 6.45) is 13.1. The van der Waals surface area contributed by atoms with Crippen LogP contribution in [-0.4, -0.2) is 0 Å². The molecule has 4 rings (SSSR count). The first-order valence-corrected chi connectivity index (χ1v) is 14.1. The van der Waals surface area contributed by atoms with E-state index >= 15 is 0 Å². The van der Waals surface area contributed by atoms with Gasteiger partial charge >= 0.3 is 0 Å². The summed E-state index contributed by atoms with van der Waals surface area (Å²) in [7, 11) is 0. The van der Waals surface area contributed by atoms with Crippen LogP contribution in [0.1, 0.15) is 76.3 Å². The van der Waals surface area contributed by atoms with Gasteiger partial charge in [0.05, 0.1) is 0 Å². The highest BCUT2D eigenvalue weighted by molar-refractivity contribution is 7.31. The number of hydrogen-bond donors (Lipinski definition) is 0. The minimum atomic E-state index is 1.21. The zero-order valence-corrected chi connectivity index (χ0v) is 21.3. The van der Waals surface area contributed by atoms with Crippen molar-refractivity contribution in [1.29, 1.82) is 0 Å². The van der Waals surface area contributed by atoms with Crippen molar-refractivity contribution in [3.63, 3.8) is 0 Å². The number of fused-ring (bicyclic) bond motifs is 1. The fraction of sp³-hybridized carbons (Fsp3) is 0.400. The molecule has 0 atom stereocenters. The van der Waals surface area contributed by atoms with Gasteiger partial charge in [-0.3, -0.25) is 0 Å². The molecule has 2 heterocycles. The van der Waals surface area contributed by atoms with Crippen molar-refractivity contribution >= 4 is 32.1 Å². The van der Waals surface area contributed by atoms with Crippen LogP contribution in [0.25, 0.3) is 30.3 Å². The van der Waals surface area contributed by atoms with E-state index in [1.54, 1.807) is 0 Å². The Morgan fingerprint density at radius 3 is 1.28 bits per heavy atom.